The summed E-state index contributed by atoms with van der Waals surface area (Å²) in [7, 11) is 0. The van der Waals surface area contributed by atoms with E-state index >= 15 is 0 Å². The van der Waals surface area contributed by atoms with Crippen LogP contribution in [-0.4, -0.2) is 39.9 Å². The van der Waals surface area contributed by atoms with Crippen molar-refractivity contribution in [2.75, 3.05) is 0 Å². The number of amides is 1. The smallest absolute Gasteiger partial charge is 0.410 e. The van der Waals surface area contributed by atoms with Crippen molar-refractivity contribution in [1.82, 2.24) is 4.90 Å². The average Bonchev–Trinajstić information content (AvgIpc) is 2.21. The molecule has 0 saturated carbocycles. The van der Waals surface area contributed by atoms with E-state index in [1.807, 2.05) is 20.8 Å². The molecule has 0 aromatic heterocycles. The molecule has 1 amide bonds. The SMILES string of the molecule is CC(C)(C)OC(=O)N1[C@@H]2CCC[C@@H]1[C@H](O)CC2. The fraction of sp³-hybridized carbons (Fsp3) is 0.923. The number of piperidine rings is 2. The fourth-order valence-electron chi connectivity index (χ4n) is 2.93. The van der Waals surface area contributed by atoms with Crippen molar-refractivity contribution in [2.24, 2.45) is 0 Å². The summed E-state index contributed by atoms with van der Waals surface area (Å²) in [4.78, 5) is 14.0. The van der Waals surface area contributed by atoms with E-state index in [0.29, 0.717) is 0 Å². The second-order valence-electron chi connectivity index (χ2n) is 6.18. The van der Waals surface area contributed by atoms with E-state index in [4.69, 9.17) is 4.74 Å². The highest BCUT2D eigenvalue weighted by Crippen LogP contribution is 2.35. The molecule has 2 heterocycles. The molecule has 4 heteroatoms. The molecule has 4 nitrogen and oxygen atoms in total. The van der Waals surface area contributed by atoms with Crippen molar-refractivity contribution in [3.63, 3.8) is 0 Å². The Hall–Kier alpha value is -0.770. The quantitative estimate of drug-likeness (QED) is 0.708. The number of ether oxygens (including phenoxy) is 1. The minimum atomic E-state index is -0.465. The zero-order valence-electron chi connectivity index (χ0n) is 11.0. The van der Waals surface area contributed by atoms with Gasteiger partial charge in [-0.15, -0.1) is 0 Å². The molecule has 2 bridgehead atoms. The Balaban J connectivity index is 2.10. The summed E-state index contributed by atoms with van der Waals surface area (Å²) in [6.07, 6.45) is 4.13. The van der Waals surface area contributed by atoms with Crippen molar-refractivity contribution >= 4 is 6.09 Å². The van der Waals surface area contributed by atoms with E-state index in [-0.39, 0.29) is 24.3 Å². The number of rotatable bonds is 0. The van der Waals surface area contributed by atoms with Gasteiger partial charge >= 0.3 is 6.09 Å². The van der Waals surface area contributed by atoms with Gasteiger partial charge in [-0.1, -0.05) is 0 Å². The molecule has 0 spiro atoms. The van der Waals surface area contributed by atoms with Crippen LogP contribution in [0.1, 0.15) is 52.9 Å². The van der Waals surface area contributed by atoms with Gasteiger partial charge in [0.1, 0.15) is 5.60 Å². The zero-order valence-corrected chi connectivity index (χ0v) is 11.0. The molecule has 2 aliphatic rings. The van der Waals surface area contributed by atoms with Gasteiger partial charge in [0.25, 0.3) is 0 Å². The van der Waals surface area contributed by atoms with Gasteiger partial charge in [0.2, 0.25) is 0 Å². The lowest BCUT2D eigenvalue weighted by Crippen LogP contribution is -2.59. The van der Waals surface area contributed by atoms with E-state index in [0.717, 1.165) is 32.1 Å². The molecule has 1 N–H and O–H groups in total. The molecule has 0 aromatic rings. The van der Waals surface area contributed by atoms with Crippen LogP contribution in [-0.2, 0) is 4.74 Å². The third kappa shape index (κ3) is 2.73. The van der Waals surface area contributed by atoms with Crippen LogP contribution in [0.5, 0.6) is 0 Å². The van der Waals surface area contributed by atoms with Crippen LogP contribution in [0.3, 0.4) is 0 Å². The van der Waals surface area contributed by atoms with E-state index in [1.165, 1.54) is 0 Å². The van der Waals surface area contributed by atoms with Crippen LogP contribution in [0.4, 0.5) is 4.79 Å². The summed E-state index contributed by atoms with van der Waals surface area (Å²) in [6.45, 7) is 5.63. The van der Waals surface area contributed by atoms with Gasteiger partial charge in [-0.25, -0.2) is 4.79 Å². The summed E-state index contributed by atoms with van der Waals surface area (Å²) in [5.74, 6) is 0. The molecular formula is C13H23NO3. The molecule has 2 saturated heterocycles. The number of carbonyl (C=O) groups is 1. The number of aliphatic hydroxyl groups excluding tert-OH is 1. The lowest BCUT2D eigenvalue weighted by molar-refractivity contribution is -0.0605. The molecule has 2 fully saturated rings. The van der Waals surface area contributed by atoms with Gasteiger partial charge in [0, 0.05) is 6.04 Å². The third-order valence-corrected chi connectivity index (χ3v) is 3.63. The van der Waals surface area contributed by atoms with Crippen molar-refractivity contribution in [3.05, 3.63) is 0 Å². The minimum Gasteiger partial charge on any atom is -0.444 e. The Morgan fingerprint density at radius 2 is 1.94 bits per heavy atom. The third-order valence-electron chi connectivity index (χ3n) is 3.63. The van der Waals surface area contributed by atoms with Crippen molar-refractivity contribution in [1.29, 1.82) is 0 Å². The maximum absolute atomic E-state index is 12.2. The Morgan fingerprint density at radius 1 is 1.24 bits per heavy atom. The summed E-state index contributed by atoms with van der Waals surface area (Å²) in [6, 6.07) is 0.240. The molecule has 98 valence electrons. The van der Waals surface area contributed by atoms with Crippen LogP contribution in [0.25, 0.3) is 0 Å². The van der Waals surface area contributed by atoms with E-state index < -0.39 is 5.60 Å². The normalized spacial score (nSPS) is 33.4. The van der Waals surface area contributed by atoms with Crippen LogP contribution >= 0.6 is 0 Å². The number of hydrogen-bond acceptors (Lipinski definition) is 3. The maximum Gasteiger partial charge on any atom is 0.410 e. The molecule has 17 heavy (non-hydrogen) atoms. The number of nitrogens with zero attached hydrogens (tertiary/aromatic N) is 1. The zero-order chi connectivity index (χ0) is 12.6. The van der Waals surface area contributed by atoms with Gasteiger partial charge in [0.05, 0.1) is 12.1 Å². The van der Waals surface area contributed by atoms with E-state index in [1.54, 1.807) is 4.90 Å². The first-order valence-electron chi connectivity index (χ1n) is 6.58. The Kier molecular flexibility index (Phi) is 3.34. The first-order valence-corrected chi connectivity index (χ1v) is 6.58. The fourth-order valence-corrected chi connectivity index (χ4v) is 2.93. The summed E-state index contributed by atoms with van der Waals surface area (Å²) in [5, 5.41) is 9.99. The molecule has 3 atom stereocenters. The second kappa shape index (κ2) is 4.48. The second-order valence-corrected chi connectivity index (χ2v) is 6.18. The Morgan fingerprint density at radius 3 is 2.59 bits per heavy atom. The topological polar surface area (TPSA) is 49.8 Å². The lowest BCUT2D eigenvalue weighted by atomic mass is 9.83. The highest BCUT2D eigenvalue weighted by molar-refractivity contribution is 5.69. The van der Waals surface area contributed by atoms with Crippen molar-refractivity contribution in [3.8, 4) is 0 Å². The first-order chi connectivity index (χ1) is 7.88. The van der Waals surface area contributed by atoms with Crippen LogP contribution in [0.15, 0.2) is 0 Å². The minimum absolute atomic E-state index is 0.0302. The lowest BCUT2D eigenvalue weighted by Gasteiger charge is -2.48. The number of fused-ring (bicyclic) bond motifs is 2. The highest BCUT2D eigenvalue weighted by atomic mass is 16.6. The van der Waals surface area contributed by atoms with E-state index in [9.17, 15) is 9.90 Å². The monoisotopic (exact) mass is 241 g/mol. The summed E-state index contributed by atoms with van der Waals surface area (Å²) in [5.41, 5.74) is -0.465. The molecule has 2 rings (SSSR count). The molecule has 0 unspecified atom stereocenters. The highest BCUT2D eigenvalue weighted by Gasteiger charge is 2.43. The molecule has 0 aromatic carbocycles. The van der Waals surface area contributed by atoms with Crippen LogP contribution in [0.2, 0.25) is 0 Å². The van der Waals surface area contributed by atoms with Gasteiger partial charge in [-0.2, -0.15) is 0 Å². The maximum atomic E-state index is 12.2. The predicted molar refractivity (Wildman–Crippen MR) is 64.7 cm³/mol. The number of hydrogen-bond donors (Lipinski definition) is 1. The van der Waals surface area contributed by atoms with E-state index in [2.05, 4.69) is 0 Å². The number of carbonyl (C=O) groups excluding carboxylic acids is 1. The van der Waals surface area contributed by atoms with Crippen LogP contribution < -0.4 is 0 Å². The standard InChI is InChI=1S/C13H23NO3/c1-13(2,3)17-12(16)14-9-5-4-6-10(14)11(15)8-7-9/h9-11,15H,4-8H2,1-3H3/t9-,10-,11-/m1/s1. The number of aliphatic hydroxyl groups is 1. The van der Waals surface area contributed by atoms with Crippen LogP contribution in [0, 0.1) is 0 Å². The van der Waals surface area contributed by atoms with Gasteiger partial charge < -0.3 is 9.84 Å². The predicted octanol–water partition coefficient (Wildman–Crippen LogP) is 2.30. The van der Waals surface area contributed by atoms with Gasteiger partial charge in [-0.3, -0.25) is 4.90 Å². The molecule has 2 aliphatic heterocycles. The van der Waals surface area contributed by atoms with Gasteiger partial charge in [-0.05, 0) is 52.9 Å². The summed E-state index contributed by atoms with van der Waals surface area (Å²) < 4.78 is 5.44. The average molecular weight is 241 g/mol. The Labute approximate surface area is 103 Å². The largest absolute Gasteiger partial charge is 0.444 e. The molecule has 0 aliphatic carbocycles. The van der Waals surface area contributed by atoms with Crippen molar-refractivity contribution < 1.29 is 14.6 Å². The van der Waals surface area contributed by atoms with Crippen molar-refractivity contribution in [2.45, 2.75) is 76.7 Å². The molecule has 0 radical (unpaired) electrons. The molecular weight excluding hydrogens is 218 g/mol. The van der Waals surface area contributed by atoms with Gasteiger partial charge in [0.15, 0.2) is 0 Å². The first kappa shape index (κ1) is 12.7. The Bertz CT molecular complexity index is 298. The summed E-state index contributed by atoms with van der Waals surface area (Å²) >= 11 is 0.